The van der Waals surface area contributed by atoms with Gasteiger partial charge in [0.2, 0.25) is 0 Å². The van der Waals surface area contributed by atoms with Crippen molar-refractivity contribution in [2.75, 3.05) is 32.8 Å². The lowest BCUT2D eigenvalue weighted by molar-refractivity contribution is 0.0276. The van der Waals surface area contributed by atoms with Gasteiger partial charge in [0.1, 0.15) is 0 Å². The summed E-state index contributed by atoms with van der Waals surface area (Å²) in [4.78, 5) is 0. The molecule has 5 heteroatoms. The summed E-state index contributed by atoms with van der Waals surface area (Å²) < 4.78 is 7.72. The Balaban J connectivity index is 1.71. The fourth-order valence-corrected chi connectivity index (χ4v) is 1.96. The fourth-order valence-electron chi connectivity index (χ4n) is 1.96. The van der Waals surface area contributed by atoms with Crippen molar-refractivity contribution in [2.24, 2.45) is 0 Å². The van der Waals surface area contributed by atoms with Gasteiger partial charge in [0.05, 0.1) is 24.9 Å². The van der Waals surface area contributed by atoms with Crippen LogP contribution < -0.4 is 10.6 Å². The third-order valence-electron chi connectivity index (χ3n) is 3.05. The van der Waals surface area contributed by atoms with Crippen LogP contribution in [-0.4, -0.2) is 42.6 Å². The smallest absolute Gasteiger partial charge is 0.0980 e. The zero-order chi connectivity index (χ0) is 10.1. The first kappa shape index (κ1) is 9.33. The first-order valence-electron chi connectivity index (χ1n) is 5.50. The van der Waals surface area contributed by atoms with Crippen molar-refractivity contribution in [1.82, 2.24) is 20.4 Å². The third-order valence-corrected chi connectivity index (χ3v) is 3.05. The highest BCUT2D eigenvalue weighted by Crippen LogP contribution is 2.20. The molecular weight excluding hydrogens is 192 g/mol. The molecule has 2 fully saturated rings. The second-order valence-corrected chi connectivity index (χ2v) is 4.13. The van der Waals surface area contributed by atoms with E-state index in [-0.39, 0.29) is 6.10 Å². The summed E-state index contributed by atoms with van der Waals surface area (Å²) in [6, 6.07) is 0.537. The van der Waals surface area contributed by atoms with Crippen LogP contribution in [0.3, 0.4) is 0 Å². The summed E-state index contributed by atoms with van der Waals surface area (Å²) in [5.74, 6) is 0. The Morgan fingerprint density at radius 1 is 1.33 bits per heavy atom. The first-order valence-corrected chi connectivity index (χ1v) is 5.50. The molecule has 0 amide bonds. The van der Waals surface area contributed by atoms with Crippen LogP contribution in [0.15, 0.2) is 12.4 Å². The van der Waals surface area contributed by atoms with Crippen LogP contribution in [0.25, 0.3) is 0 Å². The van der Waals surface area contributed by atoms with Crippen LogP contribution in [0.4, 0.5) is 0 Å². The van der Waals surface area contributed by atoms with E-state index >= 15 is 0 Å². The van der Waals surface area contributed by atoms with Crippen LogP contribution in [0.1, 0.15) is 17.7 Å². The van der Waals surface area contributed by atoms with Gasteiger partial charge in [-0.3, -0.25) is 4.68 Å². The van der Waals surface area contributed by atoms with Gasteiger partial charge in [-0.05, 0) is 0 Å². The molecule has 1 unspecified atom stereocenters. The summed E-state index contributed by atoms with van der Waals surface area (Å²) in [5, 5.41) is 11.0. The molecule has 0 bridgehead atoms. The number of aromatic nitrogens is 2. The van der Waals surface area contributed by atoms with E-state index in [9.17, 15) is 0 Å². The molecule has 0 saturated carbocycles. The van der Waals surface area contributed by atoms with Gasteiger partial charge in [-0.15, -0.1) is 0 Å². The number of rotatable bonds is 2. The van der Waals surface area contributed by atoms with Crippen molar-refractivity contribution in [3.8, 4) is 0 Å². The predicted molar refractivity (Wildman–Crippen MR) is 55.7 cm³/mol. The predicted octanol–water partition coefficient (Wildman–Crippen LogP) is -0.312. The van der Waals surface area contributed by atoms with Gasteiger partial charge in [-0.25, -0.2) is 0 Å². The maximum atomic E-state index is 5.68. The van der Waals surface area contributed by atoms with Crippen LogP contribution in [0.5, 0.6) is 0 Å². The molecule has 15 heavy (non-hydrogen) atoms. The number of nitrogens with zero attached hydrogens (tertiary/aromatic N) is 2. The molecule has 0 radical (unpaired) electrons. The van der Waals surface area contributed by atoms with Crippen LogP contribution >= 0.6 is 0 Å². The average Bonchev–Trinajstić information content (AvgIpc) is 2.66. The molecule has 0 spiro atoms. The SMILES string of the molecule is c1nn(C2CNC2)cc1C1CNCCO1. The van der Waals surface area contributed by atoms with Gasteiger partial charge in [0.25, 0.3) is 0 Å². The highest BCUT2D eigenvalue weighted by atomic mass is 16.5. The van der Waals surface area contributed by atoms with E-state index < -0.39 is 0 Å². The lowest BCUT2D eigenvalue weighted by atomic mass is 10.1. The lowest BCUT2D eigenvalue weighted by Gasteiger charge is -2.27. The van der Waals surface area contributed by atoms with Crippen molar-refractivity contribution in [2.45, 2.75) is 12.1 Å². The molecule has 1 aromatic heterocycles. The van der Waals surface area contributed by atoms with E-state index in [1.807, 2.05) is 10.9 Å². The Kier molecular flexibility index (Phi) is 2.44. The topological polar surface area (TPSA) is 51.1 Å². The van der Waals surface area contributed by atoms with E-state index in [1.54, 1.807) is 0 Å². The molecule has 2 aliphatic rings. The van der Waals surface area contributed by atoms with Gasteiger partial charge >= 0.3 is 0 Å². The standard InChI is InChI=1S/C10H16N4O/c1-2-15-10(6-11-1)8-3-13-14(7-8)9-4-12-5-9/h3,7,9-12H,1-2,4-6H2. The van der Waals surface area contributed by atoms with E-state index in [4.69, 9.17) is 4.74 Å². The second-order valence-electron chi connectivity index (χ2n) is 4.13. The van der Waals surface area contributed by atoms with Gasteiger partial charge in [0, 0.05) is 37.9 Å². The molecule has 3 heterocycles. The van der Waals surface area contributed by atoms with Crippen molar-refractivity contribution >= 4 is 0 Å². The summed E-state index contributed by atoms with van der Waals surface area (Å²) in [5.41, 5.74) is 1.19. The zero-order valence-electron chi connectivity index (χ0n) is 8.65. The largest absolute Gasteiger partial charge is 0.371 e. The van der Waals surface area contributed by atoms with Gasteiger partial charge in [0.15, 0.2) is 0 Å². The normalized spacial score (nSPS) is 27.6. The highest BCUT2D eigenvalue weighted by molar-refractivity contribution is 5.10. The molecule has 2 aliphatic heterocycles. The Morgan fingerprint density at radius 3 is 2.93 bits per heavy atom. The number of hydrogen-bond donors (Lipinski definition) is 2. The second kappa shape index (κ2) is 3.92. The molecule has 1 aromatic rings. The molecule has 3 rings (SSSR count). The summed E-state index contributed by atoms with van der Waals surface area (Å²) in [6.07, 6.45) is 4.22. The fraction of sp³-hybridized carbons (Fsp3) is 0.700. The maximum absolute atomic E-state index is 5.68. The third kappa shape index (κ3) is 1.78. The number of morpholine rings is 1. The molecule has 0 aromatic carbocycles. The van der Waals surface area contributed by atoms with E-state index in [2.05, 4.69) is 21.9 Å². The Morgan fingerprint density at radius 2 is 2.27 bits per heavy atom. The number of nitrogens with one attached hydrogen (secondary N) is 2. The van der Waals surface area contributed by atoms with Gasteiger partial charge in [-0.2, -0.15) is 5.10 Å². The average molecular weight is 208 g/mol. The minimum Gasteiger partial charge on any atom is -0.371 e. The molecule has 82 valence electrons. The summed E-state index contributed by atoms with van der Waals surface area (Å²) in [6.45, 7) is 4.71. The number of hydrogen-bond acceptors (Lipinski definition) is 4. The zero-order valence-corrected chi connectivity index (χ0v) is 8.65. The number of ether oxygens (including phenoxy) is 1. The summed E-state index contributed by atoms with van der Waals surface area (Å²) in [7, 11) is 0. The molecule has 2 saturated heterocycles. The maximum Gasteiger partial charge on any atom is 0.0980 e. The van der Waals surface area contributed by atoms with E-state index in [1.165, 1.54) is 5.56 Å². The molecule has 2 N–H and O–H groups in total. The minimum absolute atomic E-state index is 0.181. The van der Waals surface area contributed by atoms with Crippen molar-refractivity contribution < 1.29 is 4.74 Å². The van der Waals surface area contributed by atoms with E-state index in [0.717, 1.165) is 32.8 Å². The van der Waals surface area contributed by atoms with E-state index in [0.29, 0.717) is 6.04 Å². The monoisotopic (exact) mass is 208 g/mol. The van der Waals surface area contributed by atoms with Crippen molar-refractivity contribution in [1.29, 1.82) is 0 Å². The molecular formula is C10H16N4O. The molecule has 1 atom stereocenters. The summed E-state index contributed by atoms with van der Waals surface area (Å²) >= 11 is 0. The lowest BCUT2D eigenvalue weighted by Crippen LogP contribution is -2.43. The van der Waals surface area contributed by atoms with Crippen molar-refractivity contribution in [3.63, 3.8) is 0 Å². The Bertz CT molecular complexity index is 328. The highest BCUT2D eigenvalue weighted by Gasteiger charge is 2.22. The van der Waals surface area contributed by atoms with Crippen LogP contribution in [0.2, 0.25) is 0 Å². The molecule has 5 nitrogen and oxygen atoms in total. The van der Waals surface area contributed by atoms with Gasteiger partial charge < -0.3 is 15.4 Å². The minimum atomic E-state index is 0.181. The van der Waals surface area contributed by atoms with Crippen molar-refractivity contribution in [3.05, 3.63) is 18.0 Å². The molecule has 0 aliphatic carbocycles. The quantitative estimate of drug-likeness (QED) is 0.700. The Labute approximate surface area is 88.8 Å². The van der Waals surface area contributed by atoms with Crippen LogP contribution in [0, 0.1) is 0 Å². The van der Waals surface area contributed by atoms with Gasteiger partial charge in [-0.1, -0.05) is 0 Å². The van der Waals surface area contributed by atoms with Crippen LogP contribution in [-0.2, 0) is 4.74 Å². The first-order chi connectivity index (χ1) is 7.43. The Hall–Kier alpha value is -0.910.